The first-order valence-corrected chi connectivity index (χ1v) is 4.79. The molecular formula is C10H8ClNO3. The number of benzene rings is 1. The molecule has 0 aromatic heterocycles. The van der Waals surface area contributed by atoms with Gasteiger partial charge in [-0.05, 0) is 17.2 Å². The van der Waals surface area contributed by atoms with Crippen molar-refractivity contribution >= 4 is 23.1 Å². The zero-order valence-corrected chi connectivity index (χ0v) is 8.48. The van der Waals surface area contributed by atoms with E-state index in [4.69, 9.17) is 16.3 Å². The molecule has 78 valence electrons. The fourth-order valence-corrected chi connectivity index (χ4v) is 1.59. The van der Waals surface area contributed by atoms with Crippen LogP contribution in [0.5, 0.6) is 0 Å². The highest BCUT2D eigenvalue weighted by molar-refractivity contribution is 6.63. The quantitative estimate of drug-likeness (QED) is 0.545. The Kier molecular flexibility index (Phi) is 2.60. The first-order chi connectivity index (χ1) is 7.18. The molecule has 0 radical (unpaired) electrons. The molecule has 1 unspecified atom stereocenters. The molecule has 1 aromatic rings. The van der Waals surface area contributed by atoms with Crippen molar-refractivity contribution in [1.29, 1.82) is 0 Å². The Hall–Kier alpha value is -1.55. The average Bonchev–Trinajstić information content (AvgIpc) is 2.62. The van der Waals surface area contributed by atoms with Gasteiger partial charge in [0.05, 0.1) is 6.54 Å². The summed E-state index contributed by atoms with van der Waals surface area (Å²) in [6.07, 6.45) is -1.11. The third-order valence-corrected chi connectivity index (χ3v) is 2.40. The number of rotatable bonds is 1. The standard InChI is InChI=1S/C10H8ClNO3/c11-9(13)12-6-8(15-10(12)14)7-4-2-1-3-5-7/h1-5,8H,6H2. The first-order valence-electron chi connectivity index (χ1n) is 4.41. The van der Waals surface area contributed by atoms with Gasteiger partial charge in [-0.2, -0.15) is 0 Å². The molecule has 1 aromatic carbocycles. The van der Waals surface area contributed by atoms with Crippen LogP contribution in [0.1, 0.15) is 11.7 Å². The molecule has 4 nitrogen and oxygen atoms in total. The zero-order chi connectivity index (χ0) is 10.8. The Bertz CT molecular complexity index is 393. The van der Waals surface area contributed by atoms with Crippen molar-refractivity contribution in [3.05, 3.63) is 35.9 Å². The Morgan fingerprint density at radius 1 is 1.40 bits per heavy atom. The maximum atomic E-state index is 11.2. The first kappa shape index (κ1) is 9.98. The number of halogens is 1. The summed E-state index contributed by atoms with van der Waals surface area (Å²) in [5, 5.41) is -0.807. The molecule has 1 heterocycles. The molecular weight excluding hydrogens is 218 g/mol. The van der Waals surface area contributed by atoms with Crippen molar-refractivity contribution in [2.24, 2.45) is 0 Å². The topological polar surface area (TPSA) is 46.6 Å². The van der Waals surface area contributed by atoms with E-state index in [9.17, 15) is 9.59 Å². The van der Waals surface area contributed by atoms with E-state index in [2.05, 4.69) is 0 Å². The van der Waals surface area contributed by atoms with Crippen molar-refractivity contribution in [2.45, 2.75) is 6.10 Å². The lowest BCUT2D eigenvalue weighted by Gasteiger charge is -2.07. The van der Waals surface area contributed by atoms with Crippen LogP contribution in [0.4, 0.5) is 9.59 Å². The third kappa shape index (κ3) is 1.94. The molecule has 0 bridgehead atoms. The number of cyclic esters (lactones) is 1. The van der Waals surface area contributed by atoms with Crippen LogP contribution >= 0.6 is 11.6 Å². The monoisotopic (exact) mass is 225 g/mol. The molecule has 15 heavy (non-hydrogen) atoms. The maximum Gasteiger partial charge on any atom is 0.418 e. The summed E-state index contributed by atoms with van der Waals surface area (Å²) in [6, 6.07) is 9.22. The minimum absolute atomic E-state index is 0.172. The molecule has 1 aliphatic heterocycles. The van der Waals surface area contributed by atoms with Gasteiger partial charge >= 0.3 is 11.5 Å². The lowest BCUT2D eigenvalue weighted by molar-refractivity contribution is 0.135. The van der Waals surface area contributed by atoms with Crippen molar-refractivity contribution < 1.29 is 14.3 Å². The molecule has 0 aliphatic carbocycles. The fourth-order valence-electron chi connectivity index (χ4n) is 1.45. The number of hydrogen-bond donors (Lipinski definition) is 0. The van der Waals surface area contributed by atoms with Gasteiger partial charge in [-0.15, -0.1) is 0 Å². The number of amides is 2. The third-order valence-electron chi connectivity index (χ3n) is 2.20. The summed E-state index contributed by atoms with van der Waals surface area (Å²) >= 11 is 5.22. The van der Waals surface area contributed by atoms with E-state index in [0.29, 0.717) is 0 Å². The Labute approximate surface area is 91.4 Å². The van der Waals surface area contributed by atoms with Crippen molar-refractivity contribution in [3.8, 4) is 0 Å². The number of carbonyl (C=O) groups excluding carboxylic acids is 2. The lowest BCUT2D eigenvalue weighted by Crippen LogP contribution is -2.26. The number of carbonyl (C=O) groups is 2. The lowest BCUT2D eigenvalue weighted by atomic mass is 10.1. The van der Waals surface area contributed by atoms with Gasteiger partial charge in [0.1, 0.15) is 6.10 Å². The van der Waals surface area contributed by atoms with Gasteiger partial charge in [0, 0.05) is 0 Å². The van der Waals surface area contributed by atoms with Crippen molar-refractivity contribution in [2.75, 3.05) is 6.54 Å². The number of hydrogen-bond acceptors (Lipinski definition) is 3. The fraction of sp³-hybridized carbons (Fsp3) is 0.200. The second kappa shape index (κ2) is 3.90. The highest BCUT2D eigenvalue weighted by atomic mass is 35.5. The van der Waals surface area contributed by atoms with E-state index in [-0.39, 0.29) is 6.54 Å². The Morgan fingerprint density at radius 3 is 2.60 bits per heavy atom. The molecule has 1 atom stereocenters. The summed E-state index contributed by atoms with van der Waals surface area (Å²) in [5.41, 5.74) is 0.853. The SMILES string of the molecule is O=C(Cl)N1CC(c2ccccc2)OC1=O. The van der Waals surface area contributed by atoms with Crippen LogP contribution in [0, 0.1) is 0 Å². The predicted octanol–water partition coefficient (Wildman–Crippen LogP) is 2.54. The van der Waals surface area contributed by atoms with Crippen LogP contribution in [0.3, 0.4) is 0 Å². The van der Waals surface area contributed by atoms with Crippen LogP contribution < -0.4 is 0 Å². The van der Waals surface area contributed by atoms with Crippen LogP contribution in [0.2, 0.25) is 0 Å². The van der Waals surface area contributed by atoms with Gasteiger partial charge in [0.15, 0.2) is 0 Å². The highest BCUT2D eigenvalue weighted by Gasteiger charge is 2.35. The zero-order valence-electron chi connectivity index (χ0n) is 7.72. The molecule has 2 rings (SSSR count). The maximum absolute atomic E-state index is 11.2. The molecule has 5 heteroatoms. The molecule has 0 saturated carbocycles. The molecule has 0 N–H and O–H groups in total. The van der Waals surface area contributed by atoms with Gasteiger partial charge in [-0.1, -0.05) is 30.3 Å². The summed E-state index contributed by atoms with van der Waals surface area (Å²) in [4.78, 5) is 22.9. The number of imide groups is 1. The smallest absolute Gasteiger partial charge is 0.418 e. The summed E-state index contributed by atoms with van der Waals surface area (Å²) in [5.74, 6) is 0. The summed E-state index contributed by atoms with van der Waals surface area (Å²) in [7, 11) is 0. The van der Waals surface area contributed by atoms with Crippen molar-refractivity contribution in [3.63, 3.8) is 0 Å². The van der Waals surface area contributed by atoms with Crippen LogP contribution in [0.15, 0.2) is 30.3 Å². The molecule has 2 amide bonds. The second-order valence-corrected chi connectivity index (χ2v) is 3.47. The van der Waals surface area contributed by atoms with Crippen LogP contribution in [0.25, 0.3) is 0 Å². The molecule has 1 aliphatic rings. The van der Waals surface area contributed by atoms with Gasteiger partial charge in [0.2, 0.25) is 0 Å². The van der Waals surface area contributed by atoms with E-state index >= 15 is 0 Å². The predicted molar refractivity (Wildman–Crippen MR) is 53.6 cm³/mol. The van der Waals surface area contributed by atoms with Gasteiger partial charge < -0.3 is 4.74 Å². The largest absolute Gasteiger partial charge is 0.439 e. The molecule has 1 fully saturated rings. The van der Waals surface area contributed by atoms with Gasteiger partial charge in [-0.25, -0.2) is 9.69 Å². The average molecular weight is 226 g/mol. The summed E-state index contributed by atoms with van der Waals surface area (Å²) in [6.45, 7) is 0.172. The van der Waals surface area contributed by atoms with E-state index in [1.54, 1.807) is 0 Å². The summed E-state index contributed by atoms with van der Waals surface area (Å²) < 4.78 is 5.00. The van der Waals surface area contributed by atoms with Gasteiger partial charge in [0.25, 0.3) is 0 Å². The van der Waals surface area contributed by atoms with E-state index < -0.39 is 17.6 Å². The van der Waals surface area contributed by atoms with Crippen LogP contribution in [-0.2, 0) is 4.74 Å². The van der Waals surface area contributed by atoms with Crippen molar-refractivity contribution in [1.82, 2.24) is 4.90 Å². The molecule has 1 saturated heterocycles. The normalized spacial score (nSPS) is 20.2. The highest BCUT2D eigenvalue weighted by Crippen LogP contribution is 2.26. The van der Waals surface area contributed by atoms with Crippen LogP contribution in [-0.4, -0.2) is 22.9 Å². The Morgan fingerprint density at radius 2 is 2.07 bits per heavy atom. The number of ether oxygens (including phenoxy) is 1. The molecule has 0 spiro atoms. The van der Waals surface area contributed by atoms with Gasteiger partial charge in [-0.3, -0.25) is 4.79 Å². The second-order valence-electron chi connectivity index (χ2n) is 3.15. The van der Waals surface area contributed by atoms with E-state index in [1.165, 1.54) is 0 Å². The van der Waals surface area contributed by atoms with E-state index in [1.807, 2.05) is 30.3 Å². The van der Waals surface area contributed by atoms with E-state index in [0.717, 1.165) is 10.5 Å². The number of nitrogens with zero attached hydrogens (tertiary/aromatic N) is 1. The minimum Gasteiger partial charge on any atom is -0.439 e. The minimum atomic E-state index is -0.807. The Balaban J connectivity index is 2.16.